The summed E-state index contributed by atoms with van der Waals surface area (Å²) in [5.41, 5.74) is 0.260. The lowest BCUT2D eigenvalue weighted by Crippen LogP contribution is -2.62. The van der Waals surface area contributed by atoms with Crippen LogP contribution in [-0.2, 0) is 14.3 Å². The SMILES string of the molecule is O=C([O-])[C@H]1OC(O)[C@H](O)[C@@H](O)[C@@H]1O.OC[C@H]1OC(Oc2cc3c(O)cc(O)cc3[o+]c2-c2ccc(O)c(O)c2)[C@H](O)[C@@H](O)[C@@H]1O. The average Bonchev–Trinajstić information content (AvgIpc) is 2.99. The zero-order valence-electron chi connectivity index (χ0n) is 22.8. The predicted octanol–water partition coefficient (Wildman–Crippen LogP) is -4.08. The van der Waals surface area contributed by atoms with Crippen molar-refractivity contribution >= 4 is 16.9 Å². The molecule has 0 bridgehead atoms. The fourth-order valence-corrected chi connectivity index (χ4v) is 4.48. The smallest absolute Gasteiger partial charge is 0.402 e. The number of hydrogen-bond acceptors (Lipinski definition) is 17. The Bertz CT molecular complexity index is 1510. The zero-order valence-corrected chi connectivity index (χ0v) is 22.8. The highest BCUT2D eigenvalue weighted by Crippen LogP contribution is 2.42. The Morgan fingerprint density at radius 1 is 0.778 bits per heavy atom. The summed E-state index contributed by atoms with van der Waals surface area (Å²) in [5.74, 6) is -3.40. The lowest BCUT2D eigenvalue weighted by atomic mass is 9.99. The molecule has 0 radical (unpaired) electrons. The monoisotopic (exact) mass is 642 g/mol. The summed E-state index contributed by atoms with van der Waals surface area (Å²) in [6.07, 6.45) is -16.8. The second-order valence-electron chi connectivity index (χ2n) is 10.1. The van der Waals surface area contributed by atoms with E-state index in [0.29, 0.717) is 0 Å². The van der Waals surface area contributed by atoms with E-state index >= 15 is 0 Å². The summed E-state index contributed by atoms with van der Waals surface area (Å²) in [4.78, 5) is 10.3. The van der Waals surface area contributed by atoms with Crippen LogP contribution in [0.5, 0.6) is 28.7 Å². The van der Waals surface area contributed by atoms with E-state index in [-0.39, 0.29) is 45.3 Å². The fourth-order valence-electron chi connectivity index (χ4n) is 4.48. The normalized spacial score (nSPS) is 31.6. The molecule has 2 aromatic carbocycles. The lowest BCUT2D eigenvalue weighted by Gasteiger charge is -2.39. The minimum absolute atomic E-state index is 0.0465. The van der Waals surface area contributed by atoms with Crippen LogP contribution in [0.3, 0.4) is 0 Å². The molecule has 5 rings (SSSR count). The molecule has 2 saturated heterocycles. The number of aromatic hydroxyl groups is 4. The molecule has 0 saturated carbocycles. The molecule has 3 heterocycles. The van der Waals surface area contributed by atoms with E-state index in [1.165, 1.54) is 30.3 Å². The highest BCUT2D eigenvalue weighted by atomic mass is 16.7. The number of phenolic OH excluding ortho intramolecular Hbond substituents is 4. The van der Waals surface area contributed by atoms with Crippen LogP contribution in [0.1, 0.15) is 0 Å². The van der Waals surface area contributed by atoms with Gasteiger partial charge in [-0.05, 0) is 12.1 Å². The van der Waals surface area contributed by atoms with Gasteiger partial charge in [0.1, 0.15) is 65.7 Å². The van der Waals surface area contributed by atoms with Gasteiger partial charge in [0.2, 0.25) is 12.0 Å². The van der Waals surface area contributed by atoms with E-state index < -0.39 is 79.7 Å². The first-order valence-electron chi connectivity index (χ1n) is 13.1. The van der Waals surface area contributed by atoms with Gasteiger partial charge in [0.15, 0.2) is 17.8 Å². The molecule has 0 aliphatic carbocycles. The summed E-state index contributed by atoms with van der Waals surface area (Å²) in [6, 6.07) is 7.37. The van der Waals surface area contributed by atoms with Gasteiger partial charge in [-0.2, -0.15) is 0 Å². The molecule has 2 unspecified atom stereocenters. The van der Waals surface area contributed by atoms with Gasteiger partial charge < -0.3 is 85.4 Å². The Morgan fingerprint density at radius 3 is 2.07 bits per heavy atom. The van der Waals surface area contributed by atoms with Gasteiger partial charge in [-0.1, -0.05) is 0 Å². The Kier molecular flexibility index (Phi) is 10.1. The van der Waals surface area contributed by atoms with Crippen LogP contribution in [0.25, 0.3) is 22.3 Å². The summed E-state index contributed by atoms with van der Waals surface area (Å²) in [5, 5.41) is 125. The van der Waals surface area contributed by atoms with E-state index in [9.17, 15) is 50.8 Å². The number of carbonyl (C=O) groups excluding carboxylic acids is 1. The number of benzene rings is 2. The molecule has 2 fully saturated rings. The topological polar surface area (TPSA) is 322 Å². The molecule has 18 nitrogen and oxygen atoms in total. The average molecular weight is 643 g/mol. The third kappa shape index (κ3) is 6.94. The van der Waals surface area contributed by atoms with E-state index in [2.05, 4.69) is 4.74 Å². The minimum atomic E-state index is -1.85. The highest BCUT2D eigenvalue weighted by molar-refractivity contribution is 5.88. The number of carbonyl (C=O) groups is 1. The first kappa shape index (κ1) is 33.8. The van der Waals surface area contributed by atoms with Crippen LogP contribution in [0.2, 0.25) is 0 Å². The van der Waals surface area contributed by atoms with Crippen molar-refractivity contribution < 1.29 is 89.8 Å². The first-order valence-corrected chi connectivity index (χ1v) is 13.1. The predicted molar refractivity (Wildman–Crippen MR) is 141 cm³/mol. The van der Waals surface area contributed by atoms with Crippen molar-refractivity contribution in [3.05, 3.63) is 36.4 Å². The standard InChI is InChI=1S/C21H20O11.C6H10O7/c22-7-16-17(27)18(28)19(29)21(32-16)31-15-6-10-12(25)4-9(23)5-14(10)30-20(15)8-1-2-11(24)13(26)3-8;7-1-2(8)4(5(10)11)13-6(12)3(1)9/h1-6,16-19,21-22,27-29H,7H2,(H3-,23,24,25,26);1-4,6-9,12H,(H,10,11)/t16-,17-,18+,19-,21?;1-,2-,3+,4-,6?/m10/s1. The Hall–Kier alpha value is -4.08. The molecule has 0 amide bonds. The third-order valence-corrected chi connectivity index (χ3v) is 6.97. The number of aliphatic carboxylic acids is 1. The van der Waals surface area contributed by atoms with Crippen LogP contribution in [0, 0.1) is 0 Å². The van der Waals surface area contributed by atoms with Gasteiger partial charge in [-0.3, -0.25) is 0 Å². The van der Waals surface area contributed by atoms with Crippen LogP contribution in [0.4, 0.5) is 0 Å². The lowest BCUT2D eigenvalue weighted by molar-refractivity contribution is -0.345. The minimum Gasteiger partial charge on any atom is -0.547 e. The van der Waals surface area contributed by atoms with E-state index in [1.807, 2.05) is 0 Å². The second kappa shape index (κ2) is 13.5. The molecular weight excluding hydrogens is 612 g/mol. The number of phenols is 4. The number of aliphatic hydroxyl groups is 8. The van der Waals surface area contributed by atoms with Crippen LogP contribution in [-0.4, -0.2) is 135 Å². The fraction of sp³-hybridized carbons (Fsp3) is 0.407. The number of hydrogen-bond donors (Lipinski definition) is 12. The van der Waals surface area contributed by atoms with Gasteiger partial charge in [-0.25, -0.2) is 4.42 Å². The Balaban J connectivity index is 0.000000297. The maximum Gasteiger partial charge on any atom is 0.402 e. The molecule has 0 spiro atoms. The first-order chi connectivity index (χ1) is 21.1. The molecule has 45 heavy (non-hydrogen) atoms. The summed E-state index contributed by atoms with van der Waals surface area (Å²) < 4.78 is 21.1. The van der Waals surface area contributed by atoms with Crippen LogP contribution >= 0.6 is 0 Å². The van der Waals surface area contributed by atoms with Crippen molar-refractivity contribution in [1.29, 1.82) is 0 Å². The van der Waals surface area contributed by atoms with E-state index in [4.69, 9.17) is 34.3 Å². The Morgan fingerprint density at radius 2 is 1.44 bits per heavy atom. The summed E-state index contributed by atoms with van der Waals surface area (Å²) in [6.45, 7) is -0.661. The quantitative estimate of drug-likeness (QED) is 0.0929. The molecule has 2 aliphatic heterocycles. The highest BCUT2D eigenvalue weighted by Gasteiger charge is 2.46. The third-order valence-electron chi connectivity index (χ3n) is 6.97. The molecule has 18 heteroatoms. The van der Waals surface area contributed by atoms with Gasteiger partial charge in [-0.15, -0.1) is 0 Å². The molecule has 1 aromatic heterocycles. The van der Waals surface area contributed by atoms with Crippen molar-refractivity contribution in [3.8, 4) is 40.1 Å². The number of carboxylic acids is 1. The largest absolute Gasteiger partial charge is 0.547 e. The van der Waals surface area contributed by atoms with Gasteiger partial charge in [0.05, 0.1) is 24.2 Å². The van der Waals surface area contributed by atoms with Crippen molar-refractivity contribution in [3.63, 3.8) is 0 Å². The number of rotatable bonds is 5. The molecule has 246 valence electrons. The summed E-state index contributed by atoms with van der Waals surface area (Å²) in [7, 11) is 0. The van der Waals surface area contributed by atoms with Gasteiger partial charge in [0.25, 0.3) is 0 Å². The van der Waals surface area contributed by atoms with Crippen LogP contribution in [0.15, 0.2) is 40.8 Å². The number of carboxylic acid groups (broad SMARTS) is 1. The van der Waals surface area contributed by atoms with Crippen molar-refractivity contribution in [2.24, 2.45) is 0 Å². The van der Waals surface area contributed by atoms with Crippen molar-refractivity contribution in [1.82, 2.24) is 0 Å². The maximum absolute atomic E-state index is 10.3. The Labute approximate surface area is 251 Å². The molecule has 10 atom stereocenters. The molecular formula is C27H30O18. The second-order valence-corrected chi connectivity index (χ2v) is 10.1. The molecule has 12 N–H and O–H groups in total. The van der Waals surface area contributed by atoms with Gasteiger partial charge in [0, 0.05) is 18.2 Å². The van der Waals surface area contributed by atoms with Crippen LogP contribution < -0.4 is 9.84 Å². The van der Waals surface area contributed by atoms with Crippen molar-refractivity contribution in [2.75, 3.05) is 6.61 Å². The van der Waals surface area contributed by atoms with E-state index in [1.54, 1.807) is 0 Å². The summed E-state index contributed by atoms with van der Waals surface area (Å²) >= 11 is 0. The number of ether oxygens (including phenoxy) is 3. The number of aliphatic hydroxyl groups excluding tert-OH is 8. The zero-order chi connectivity index (χ0) is 33.3. The van der Waals surface area contributed by atoms with Gasteiger partial charge >= 0.3 is 11.3 Å². The van der Waals surface area contributed by atoms with Crippen molar-refractivity contribution in [2.45, 2.75) is 61.4 Å². The molecule has 2 aliphatic rings. The molecule has 3 aromatic rings. The van der Waals surface area contributed by atoms with E-state index in [0.717, 1.165) is 6.07 Å². The number of fused-ring (bicyclic) bond motifs is 1. The maximum atomic E-state index is 10.3.